The molecule has 2 heterocycles. The van der Waals surface area contributed by atoms with E-state index < -0.39 is 38.7 Å². The molecule has 3 aromatic rings. The van der Waals surface area contributed by atoms with Gasteiger partial charge < -0.3 is 19.6 Å². The smallest absolute Gasteiger partial charge is 0.409 e. The van der Waals surface area contributed by atoms with Crippen molar-refractivity contribution in [1.29, 1.82) is 0 Å². The highest BCUT2D eigenvalue weighted by atomic mass is 35.5. The Labute approximate surface area is 235 Å². The minimum absolute atomic E-state index is 0.101. The highest BCUT2D eigenvalue weighted by Crippen LogP contribution is 2.37. The van der Waals surface area contributed by atoms with Crippen LogP contribution in [0.15, 0.2) is 71.9 Å². The third kappa shape index (κ3) is 7.66. The van der Waals surface area contributed by atoms with Crippen molar-refractivity contribution in [1.82, 2.24) is 9.88 Å². The lowest BCUT2D eigenvalue weighted by Gasteiger charge is -2.35. The highest BCUT2D eigenvalue weighted by Gasteiger charge is 2.37. The van der Waals surface area contributed by atoms with E-state index >= 15 is 0 Å². The number of rotatable bonds is 7. The van der Waals surface area contributed by atoms with Crippen molar-refractivity contribution in [3.63, 3.8) is 0 Å². The molecule has 0 saturated carbocycles. The van der Waals surface area contributed by atoms with E-state index in [0.717, 1.165) is 23.9 Å². The average Bonchev–Trinajstić information content (AvgIpc) is 2.95. The van der Waals surface area contributed by atoms with Gasteiger partial charge in [0.1, 0.15) is 11.6 Å². The van der Waals surface area contributed by atoms with Crippen molar-refractivity contribution < 1.29 is 36.6 Å². The van der Waals surface area contributed by atoms with Crippen LogP contribution in [0.25, 0.3) is 0 Å². The maximum absolute atomic E-state index is 14.8. The van der Waals surface area contributed by atoms with E-state index in [9.17, 15) is 22.0 Å². The number of pyridine rings is 1. The summed E-state index contributed by atoms with van der Waals surface area (Å²) >= 11 is 5.90. The molecule has 13 heteroatoms. The van der Waals surface area contributed by atoms with Crippen LogP contribution in [0.1, 0.15) is 17.7 Å². The Morgan fingerprint density at radius 2 is 1.68 bits per heavy atom. The number of carboxylic acid groups (broad SMARTS) is 1. The van der Waals surface area contributed by atoms with Crippen LogP contribution in [0, 0.1) is 17.6 Å². The number of anilines is 1. The first kappa shape index (κ1) is 30.8. The molecule has 1 fully saturated rings. The van der Waals surface area contributed by atoms with Crippen LogP contribution in [0.2, 0.25) is 5.02 Å². The van der Waals surface area contributed by atoms with Crippen LogP contribution < -0.4 is 4.90 Å². The van der Waals surface area contributed by atoms with Crippen LogP contribution in [0.5, 0.6) is 0 Å². The van der Waals surface area contributed by atoms with E-state index in [-0.39, 0.29) is 23.5 Å². The zero-order valence-corrected chi connectivity index (χ0v) is 23.1. The van der Waals surface area contributed by atoms with E-state index in [1.165, 1.54) is 36.1 Å². The maximum Gasteiger partial charge on any atom is 0.409 e. The molecule has 2 atom stereocenters. The summed E-state index contributed by atoms with van der Waals surface area (Å²) < 4.78 is 61.4. The lowest BCUT2D eigenvalue weighted by Crippen LogP contribution is -2.49. The third-order valence-corrected chi connectivity index (χ3v) is 8.86. The largest absolute Gasteiger partial charge is 0.483 e. The molecule has 214 valence electrons. The number of piperazine rings is 1. The van der Waals surface area contributed by atoms with Crippen molar-refractivity contribution >= 4 is 39.7 Å². The SMILES string of the molecule is C[C@H](COC(=O)N1CCN(c2ccncc2)CC1)[C@@H](c1cc(F)ccc1F)S(=O)(=O)c1ccc(Cl)cc1.O=CO. The second-order valence-electron chi connectivity index (χ2n) is 8.92. The van der Waals surface area contributed by atoms with Crippen molar-refractivity contribution in [2.75, 3.05) is 37.7 Å². The number of carbonyl (C=O) groups is 2. The molecule has 4 rings (SSSR count). The summed E-state index contributed by atoms with van der Waals surface area (Å²) in [5, 5.41) is 5.72. The Morgan fingerprint density at radius 3 is 2.27 bits per heavy atom. The second-order valence-corrected chi connectivity index (χ2v) is 11.4. The fourth-order valence-corrected chi connectivity index (χ4v) is 6.51. The van der Waals surface area contributed by atoms with Gasteiger partial charge >= 0.3 is 6.09 Å². The van der Waals surface area contributed by atoms with E-state index in [4.69, 9.17) is 26.2 Å². The molecule has 40 heavy (non-hydrogen) atoms. The van der Waals surface area contributed by atoms with Crippen LogP contribution in [0.3, 0.4) is 0 Å². The monoisotopic (exact) mass is 595 g/mol. The summed E-state index contributed by atoms with van der Waals surface area (Å²) in [5.74, 6) is -2.53. The number of carbonyl (C=O) groups excluding carboxylic acids is 1. The summed E-state index contributed by atoms with van der Waals surface area (Å²) in [7, 11) is -4.20. The first-order valence-electron chi connectivity index (χ1n) is 12.2. The number of hydrogen-bond donors (Lipinski definition) is 1. The zero-order chi connectivity index (χ0) is 29.3. The Balaban J connectivity index is 0.00000141. The molecule has 0 aliphatic carbocycles. The number of nitrogens with zero attached hydrogens (tertiary/aromatic N) is 3. The maximum atomic E-state index is 14.8. The summed E-state index contributed by atoms with van der Waals surface area (Å²) in [4.78, 5) is 28.7. The molecule has 1 aliphatic heterocycles. The number of hydrogen-bond acceptors (Lipinski definition) is 7. The molecule has 0 unspecified atom stereocenters. The van der Waals surface area contributed by atoms with Crippen LogP contribution in [0.4, 0.5) is 19.3 Å². The predicted molar refractivity (Wildman–Crippen MR) is 145 cm³/mol. The van der Waals surface area contributed by atoms with Gasteiger partial charge in [0.15, 0.2) is 9.84 Å². The van der Waals surface area contributed by atoms with Gasteiger partial charge in [-0.1, -0.05) is 18.5 Å². The number of benzene rings is 2. The van der Waals surface area contributed by atoms with Crippen LogP contribution in [-0.4, -0.2) is 68.8 Å². The number of sulfone groups is 1. The molecule has 0 bridgehead atoms. The molecular weight excluding hydrogens is 568 g/mol. The standard InChI is InChI=1S/C26H26ClF2N3O4S.CH2O2/c1-18(17-36-26(33)32-14-12-31(13-15-32)21-8-10-30-11-9-21)25(23-16-20(28)4-7-24(23)29)37(34,35)22-5-2-19(27)3-6-22;2-1-3/h2-11,16,18,25H,12-15,17H2,1H3;1H,(H,2,3)/t18-,25+;/m1./s1. The fourth-order valence-electron chi connectivity index (χ4n) is 4.37. The first-order chi connectivity index (χ1) is 19.1. The zero-order valence-electron chi connectivity index (χ0n) is 21.5. The predicted octanol–water partition coefficient (Wildman–Crippen LogP) is 4.82. The molecular formula is C27H28ClF2N3O6S. The van der Waals surface area contributed by atoms with Crippen molar-refractivity contribution in [2.45, 2.75) is 17.1 Å². The van der Waals surface area contributed by atoms with Gasteiger partial charge in [-0.05, 0) is 54.6 Å². The minimum Gasteiger partial charge on any atom is -0.483 e. The lowest BCUT2D eigenvalue weighted by molar-refractivity contribution is -0.122. The summed E-state index contributed by atoms with van der Waals surface area (Å²) in [6.45, 7) is 2.99. The molecule has 1 N–H and O–H groups in total. The first-order valence-corrected chi connectivity index (χ1v) is 14.1. The van der Waals surface area contributed by atoms with E-state index in [0.29, 0.717) is 31.2 Å². The van der Waals surface area contributed by atoms with Crippen molar-refractivity contribution in [2.24, 2.45) is 5.92 Å². The summed E-state index contributed by atoms with van der Waals surface area (Å²) in [5.41, 5.74) is 0.675. The second kappa shape index (κ2) is 14.0. The number of aromatic nitrogens is 1. The van der Waals surface area contributed by atoms with E-state index in [2.05, 4.69) is 9.88 Å². The molecule has 1 aliphatic rings. The summed E-state index contributed by atoms with van der Waals surface area (Å²) in [6, 6.07) is 11.9. The van der Waals surface area contributed by atoms with Crippen LogP contribution in [-0.2, 0) is 19.4 Å². The van der Waals surface area contributed by atoms with E-state index in [1.807, 2.05) is 12.1 Å². The quantitative estimate of drug-likeness (QED) is 0.386. The van der Waals surface area contributed by atoms with Crippen LogP contribution >= 0.6 is 11.6 Å². The average molecular weight is 596 g/mol. The van der Waals surface area contributed by atoms with Crippen molar-refractivity contribution in [3.05, 3.63) is 89.2 Å². The van der Waals surface area contributed by atoms with Gasteiger partial charge in [-0.15, -0.1) is 0 Å². The molecule has 0 radical (unpaired) electrons. The Bertz CT molecular complexity index is 1390. The number of halogens is 3. The van der Waals surface area contributed by atoms with Gasteiger partial charge in [0.05, 0.1) is 16.8 Å². The molecule has 1 saturated heterocycles. The lowest BCUT2D eigenvalue weighted by atomic mass is 10.0. The van der Waals surface area contributed by atoms with Gasteiger partial charge in [-0.3, -0.25) is 9.78 Å². The van der Waals surface area contributed by atoms with Crippen molar-refractivity contribution in [3.8, 4) is 0 Å². The fraction of sp³-hybridized carbons (Fsp3) is 0.296. The Kier molecular flexibility index (Phi) is 10.8. The topological polar surface area (TPSA) is 117 Å². The molecule has 2 aromatic carbocycles. The van der Waals surface area contributed by atoms with Gasteiger partial charge in [0.2, 0.25) is 0 Å². The van der Waals surface area contributed by atoms with Gasteiger partial charge in [0.25, 0.3) is 6.47 Å². The van der Waals surface area contributed by atoms with E-state index in [1.54, 1.807) is 12.4 Å². The number of ether oxygens (including phenoxy) is 1. The normalized spacial score (nSPS) is 14.9. The Hall–Kier alpha value is -3.77. The molecule has 0 spiro atoms. The summed E-state index contributed by atoms with van der Waals surface area (Å²) in [6.07, 6.45) is 2.81. The minimum atomic E-state index is -4.20. The van der Waals surface area contributed by atoms with Gasteiger partial charge in [-0.2, -0.15) is 0 Å². The Morgan fingerprint density at radius 1 is 1.07 bits per heavy atom. The third-order valence-electron chi connectivity index (χ3n) is 6.29. The molecule has 1 amide bonds. The van der Waals surface area contributed by atoms with Gasteiger partial charge in [0, 0.05) is 60.8 Å². The highest BCUT2D eigenvalue weighted by molar-refractivity contribution is 7.91. The van der Waals surface area contributed by atoms with Gasteiger partial charge in [-0.25, -0.2) is 22.0 Å². The number of amides is 1. The molecule has 9 nitrogen and oxygen atoms in total. The molecule has 1 aromatic heterocycles.